The fourth-order valence-electron chi connectivity index (χ4n) is 2.47. The van der Waals surface area contributed by atoms with Gasteiger partial charge in [-0.1, -0.05) is 34.1 Å². The zero-order chi connectivity index (χ0) is 15.4. The first kappa shape index (κ1) is 16.1. The van der Waals surface area contributed by atoms with Crippen molar-refractivity contribution < 1.29 is 5.11 Å². The normalized spacial score (nSPS) is 12.2. The second-order valence-corrected chi connectivity index (χ2v) is 6.54. The van der Waals surface area contributed by atoms with Gasteiger partial charge in [-0.15, -0.1) is 0 Å². The van der Waals surface area contributed by atoms with Crippen molar-refractivity contribution in [2.75, 3.05) is 18.5 Å². The van der Waals surface area contributed by atoms with Crippen molar-refractivity contribution in [1.29, 1.82) is 0 Å². The van der Waals surface area contributed by atoms with Crippen LogP contribution in [0.2, 0.25) is 0 Å². The third kappa shape index (κ3) is 4.58. The summed E-state index contributed by atoms with van der Waals surface area (Å²) in [5, 5.41) is 10.3. The number of hydrogen-bond acceptors (Lipinski definition) is 2. The first-order valence-electron chi connectivity index (χ1n) is 7.18. The maximum atomic E-state index is 10.3. The molecule has 2 nitrogen and oxygen atoms in total. The van der Waals surface area contributed by atoms with Crippen LogP contribution in [0.15, 0.2) is 46.9 Å². The quantitative estimate of drug-likeness (QED) is 0.852. The van der Waals surface area contributed by atoms with Gasteiger partial charge in [-0.2, -0.15) is 0 Å². The summed E-state index contributed by atoms with van der Waals surface area (Å²) in [7, 11) is 2.07. The molecule has 0 aliphatic heterocycles. The lowest BCUT2D eigenvalue weighted by molar-refractivity contribution is 0.170. The van der Waals surface area contributed by atoms with Gasteiger partial charge < -0.3 is 10.0 Å². The molecule has 2 aromatic carbocycles. The summed E-state index contributed by atoms with van der Waals surface area (Å²) in [5.41, 5.74) is 4.71. The SMILES string of the molecule is Cc1cc(C)cc(N(C)CCC(O)c2ccc(Br)cc2)c1. The summed E-state index contributed by atoms with van der Waals surface area (Å²) in [5.74, 6) is 0. The number of rotatable bonds is 5. The van der Waals surface area contributed by atoms with Crippen molar-refractivity contribution in [1.82, 2.24) is 0 Å². The van der Waals surface area contributed by atoms with E-state index in [0.29, 0.717) is 6.42 Å². The third-order valence-electron chi connectivity index (χ3n) is 3.64. The van der Waals surface area contributed by atoms with E-state index < -0.39 is 6.10 Å². The molecule has 0 saturated heterocycles. The van der Waals surface area contributed by atoms with Crippen LogP contribution in [-0.2, 0) is 0 Å². The number of aryl methyl sites for hydroxylation is 2. The lowest BCUT2D eigenvalue weighted by Crippen LogP contribution is -2.20. The molecule has 0 heterocycles. The van der Waals surface area contributed by atoms with Crippen LogP contribution in [0.25, 0.3) is 0 Å². The molecule has 0 aromatic heterocycles. The van der Waals surface area contributed by atoms with Crippen LogP contribution in [0.5, 0.6) is 0 Å². The van der Waals surface area contributed by atoms with Crippen LogP contribution < -0.4 is 4.90 Å². The van der Waals surface area contributed by atoms with Crippen molar-refractivity contribution in [3.8, 4) is 0 Å². The zero-order valence-corrected chi connectivity index (χ0v) is 14.4. The monoisotopic (exact) mass is 347 g/mol. The van der Waals surface area contributed by atoms with E-state index in [1.807, 2.05) is 24.3 Å². The highest BCUT2D eigenvalue weighted by Crippen LogP contribution is 2.22. The van der Waals surface area contributed by atoms with Crippen LogP contribution >= 0.6 is 15.9 Å². The summed E-state index contributed by atoms with van der Waals surface area (Å²) in [6, 6.07) is 14.4. The molecule has 112 valence electrons. The summed E-state index contributed by atoms with van der Waals surface area (Å²) in [6.07, 6.45) is 0.289. The zero-order valence-electron chi connectivity index (χ0n) is 12.8. The molecule has 0 radical (unpaired) electrons. The highest BCUT2D eigenvalue weighted by molar-refractivity contribution is 9.10. The Balaban J connectivity index is 1.97. The molecule has 0 bridgehead atoms. The molecule has 3 heteroatoms. The lowest BCUT2D eigenvalue weighted by Gasteiger charge is -2.22. The van der Waals surface area contributed by atoms with E-state index >= 15 is 0 Å². The molecule has 2 rings (SSSR count). The second kappa shape index (κ2) is 7.10. The van der Waals surface area contributed by atoms with Crippen LogP contribution in [0.4, 0.5) is 5.69 Å². The number of halogens is 1. The molecule has 0 aliphatic rings. The molecule has 0 spiro atoms. The predicted molar refractivity (Wildman–Crippen MR) is 92.9 cm³/mol. The van der Waals surface area contributed by atoms with E-state index in [4.69, 9.17) is 0 Å². The standard InChI is InChI=1S/C18H22BrNO/c1-13-10-14(2)12-17(11-13)20(3)9-8-18(21)15-4-6-16(19)7-5-15/h4-7,10-12,18,21H,8-9H2,1-3H3. The number of anilines is 1. The Morgan fingerprint density at radius 2 is 1.62 bits per heavy atom. The molecule has 0 amide bonds. The van der Waals surface area contributed by atoms with E-state index in [2.05, 4.69) is 59.9 Å². The molecular formula is C18H22BrNO. The molecule has 0 aliphatic carbocycles. The summed E-state index contributed by atoms with van der Waals surface area (Å²) >= 11 is 3.41. The average molecular weight is 348 g/mol. The first-order valence-corrected chi connectivity index (χ1v) is 7.98. The van der Waals surface area contributed by atoms with Gasteiger partial charge in [0.05, 0.1) is 6.10 Å². The molecule has 21 heavy (non-hydrogen) atoms. The van der Waals surface area contributed by atoms with E-state index in [1.54, 1.807) is 0 Å². The summed E-state index contributed by atoms with van der Waals surface area (Å²) in [4.78, 5) is 2.20. The Hall–Kier alpha value is -1.32. The average Bonchev–Trinajstić information content (AvgIpc) is 2.44. The Morgan fingerprint density at radius 1 is 1.05 bits per heavy atom. The molecule has 1 N–H and O–H groups in total. The Kier molecular flexibility index (Phi) is 5.43. The smallest absolute Gasteiger partial charge is 0.0806 e. The fourth-order valence-corrected chi connectivity index (χ4v) is 2.73. The van der Waals surface area contributed by atoms with Gasteiger partial charge in [-0.25, -0.2) is 0 Å². The van der Waals surface area contributed by atoms with E-state index in [9.17, 15) is 5.11 Å². The minimum Gasteiger partial charge on any atom is -0.388 e. The molecular weight excluding hydrogens is 326 g/mol. The van der Waals surface area contributed by atoms with Crippen molar-refractivity contribution in [2.45, 2.75) is 26.4 Å². The number of nitrogens with zero attached hydrogens (tertiary/aromatic N) is 1. The Labute approximate surface area is 135 Å². The topological polar surface area (TPSA) is 23.5 Å². The molecule has 0 saturated carbocycles. The van der Waals surface area contributed by atoms with Crippen molar-refractivity contribution in [2.24, 2.45) is 0 Å². The number of aliphatic hydroxyl groups excluding tert-OH is 1. The second-order valence-electron chi connectivity index (χ2n) is 5.62. The van der Waals surface area contributed by atoms with Gasteiger partial charge in [0.15, 0.2) is 0 Å². The highest BCUT2D eigenvalue weighted by atomic mass is 79.9. The predicted octanol–water partition coefficient (Wildman–Crippen LogP) is 4.63. The maximum Gasteiger partial charge on any atom is 0.0806 e. The van der Waals surface area contributed by atoms with Gasteiger partial charge in [0.1, 0.15) is 0 Å². The molecule has 1 unspecified atom stereocenters. The Bertz CT molecular complexity index is 574. The van der Waals surface area contributed by atoms with E-state index in [0.717, 1.165) is 16.6 Å². The van der Waals surface area contributed by atoms with Crippen LogP contribution in [0.3, 0.4) is 0 Å². The molecule has 2 aromatic rings. The van der Waals surface area contributed by atoms with Gasteiger partial charge in [0.2, 0.25) is 0 Å². The largest absolute Gasteiger partial charge is 0.388 e. The van der Waals surface area contributed by atoms with Gasteiger partial charge in [-0.05, 0) is 61.2 Å². The Morgan fingerprint density at radius 3 is 2.19 bits per heavy atom. The highest BCUT2D eigenvalue weighted by Gasteiger charge is 2.10. The third-order valence-corrected chi connectivity index (χ3v) is 4.17. The van der Waals surface area contributed by atoms with Crippen molar-refractivity contribution in [3.05, 3.63) is 63.6 Å². The fraction of sp³-hybridized carbons (Fsp3) is 0.333. The number of benzene rings is 2. The van der Waals surface area contributed by atoms with Crippen LogP contribution in [0, 0.1) is 13.8 Å². The van der Waals surface area contributed by atoms with Crippen LogP contribution in [-0.4, -0.2) is 18.7 Å². The minimum absolute atomic E-state index is 0.425. The van der Waals surface area contributed by atoms with Crippen molar-refractivity contribution >= 4 is 21.6 Å². The molecule has 1 atom stereocenters. The molecule has 0 fully saturated rings. The van der Waals surface area contributed by atoms with E-state index in [-0.39, 0.29) is 0 Å². The summed E-state index contributed by atoms with van der Waals surface area (Å²) < 4.78 is 1.03. The van der Waals surface area contributed by atoms with Gasteiger partial charge in [0.25, 0.3) is 0 Å². The van der Waals surface area contributed by atoms with Crippen LogP contribution in [0.1, 0.15) is 29.2 Å². The summed E-state index contributed by atoms with van der Waals surface area (Å²) in [6.45, 7) is 5.04. The van der Waals surface area contributed by atoms with Crippen molar-refractivity contribution in [3.63, 3.8) is 0 Å². The first-order chi connectivity index (χ1) is 9.95. The number of hydrogen-bond donors (Lipinski definition) is 1. The number of aliphatic hydroxyl groups is 1. The van der Waals surface area contributed by atoms with E-state index in [1.165, 1.54) is 16.8 Å². The lowest BCUT2D eigenvalue weighted by atomic mass is 10.1. The van der Waals surface area contributed by atoms with Gasteiger partial charge in [0, 0.05) is 23.8 Å². The maximum absolute atomic E-state index is 10.3. The van der Waals surface area contributed by atoms with Gasteiger partial charge >= 0.3 is 0 Å². The minimum atomic E-state index is -0.425. The van der Waals surface area contributed by atoms with Gasteiger partial charge in [-0.3, -0.25) is 0 Å².